The molecule has 0 unspecified atom stereocenters. The Bertz CT molecular complexity index is 633. The third-order valence-corrected chi connectivity index (χ3v) is 6.87. The van der Waals surface area contributed by atoms with Crippen LogP contribution in [0.3, 0.4) is 0 Å². The molecule has 3 aliphatic rings. The molecule has 3 fully saturated rings. The molecule has 2 spiro atoms. The third-order valence-electron chi connectivity index (χ3n) is 6.87. The molecule has 0 aromatic carbocycles. The maximum atomic E-state index is 14.6. The summed E-state index contributed by atoms with van der Waals surface area (Å²) in [5.41, 5.74) is 2.48. The fraction of sp³-hybridized carbons (Fsp3) is 0.652. The second kappa shape index (κ2) is 7.72. The van der Waals surface area contributed by atoms with E-state index in [4.69, 9.17) is 4.74 Å². The van der Waals surface area contributed by atoms with E-state index in [0.717, 1.165) is 18.5 Å². The lowest BCUT2D eigenvalue weighted by Crippen LogP contribution is -2.28. The van der Waals surface area contributed by atoms with E-state index in [2.05, 4.69) is 11.5 Å². The summed E-state index contributed by atoms with van der Waals surface area (Å²) in [4.78, 5) is 2.61. The van der Waals surface area contributed by atoms with E-state index < -0.39 is 0 Å². The normalized spacial score (nSPS) is 25.3. The predicted octanol–water partition coefficient (Wildman–Crippen LogP) is 5.94. The zero-order chi connectivity index (χ0) is 18.8. The number of rotatable bonds is 7. The minimum Gasteiger partial charge on any atom is -0.501 e. The van der Waals surface area contributed by atoms with Crippen molar-refractivity contribution < 1.29 is 9.13 Å². The molecule has 3 rings (SSSR count). The Balaban J connectivity index is 1.64. The van der Waals surface area contributed by atoms with Crippen molar-refractivity contribution in [2.45, 2.75) is 58.8 Å². The summed E-state index contributed by atoms with van der Waals surface area (Å²) in [5, 5.41) is 0. The molecular formula is C23H34FNO. The number of likely N-dealkylation sites (tertiary alicyclic amines) is 1. The van der Waals surface area contributed by atoms with Gasteiger partial charge in [0.25, 0.3) is 0 Å². The zero-order valence-electron chi connectivity index (χ0n) is 16.7. The number of ether oxygens (including phenoxy) is 1. The van der Waals surface area contributed by atoms with Crippen molar-refractivity contribution in [2.24, 2.45) is 10.8 Å². The molecule has 1 saturated heterocycles. The van der Waals surface area contributed by atoms with Gasteiger partial charge in [-0.15, -0.1) is 0 Å². The van der Waals surface area contributed by atoms with Gasteiger partial charge in [-0.05, 0) is 55.9 Å². The van der Waals surface area contributed by atoms with Gasteiger partial charge >= 0.3 is 0 Å². The molecule has 0 aromatic heterocycles. The summed E-state index contributed by atoms with van der Waals surface area (Å²) < 4.78 is 20.1. The van der Waals surface area contributed by atoms with Crippen molar-refractivity contribution in [2.75, 3.05) is 26.7 Å². The number of allylic oxidation sites excluding steroid dienone is 6. The lowest BCUT2D eigenvalue weighted by molar-refractivity contribution is 0.202. The van der Waals surface area contributed by atoms with Gasteiger partial charge in [-0.25, -0.2) is 4.39 Å². The maximum Gasteiger partial charge on any atom is 0.133 e. The van der Waals surface area contributed by atoms with Crippen LogP contribution < -0.4 is 0 Å². The molecule has 2 saturated carbocycles. The zero-order valence-corrected chi connectivity index (χ0v) is 16.7. The van der Waals surface area contributed by atoms with Crippen molar-refractivity contribution in [3.8, 4) is 0 Å². The highest BCUT2D eigenvalue weighted by Crippen LogP contribution is 2.68. The van der Waals surface area contributed by atoms with Crippen LogP contribution in [0.1, 0.15) is 58.8 Å². The van der Waals surface area contributed by atoms with Gasteiger partial charge in [0.1, 0.15) is 5.83 Å². The highest BCUT2D eigenvalue weighted by molar-refractivity contribution is 5.42. The summed E-state index contributed by atoms with van der Waals surface area (Å²) >= 11 is 0. The van der Waals surface area contributed by atoms with Gasteiger partial charge in [-0.3, -0.25) is 0 Å². The lowest BCUT2D eigenvalue weighted by Gasteiger charge is -2.30. The third kappa shape index (κ3) is 3.69. The smallest absolute Gasteiger partial charge is 0.133 e. The van der Waals surface area contributed by atoms with Crippen molar-refractivity contribution in [3.05, 3.63) is 47.5 Å². The van der Waals surface area contributed by atoms with Crippen LogP contribution in [0, 0.1) is 10.8 Å². The fourth-order valence-corrected chi connectivity index (χ4v) is 5.30. The Morgan fingerprint density at radius 2 is 1.77 bits per heavy atom. The molecular weight excluding hydrogens is 325 g/mol. The van der Waals surface area contributed by atoms with Crippen LogP contribution in [0.2, 0.25) is 0 Å². The van der Waals surface area contributed by atoms with Crippen LogP contribution in [0.5, 0.6) is 0 Å². The number of hydrogen-bond donors (Lipinski definition) is 0. The van der Waals surface area contributed by atoms with Crippen molar-refractivity contribution in [3.63, 3.8) is 0 Å². The van der Waals surface area contributed by atoms with Gasteiger partial charge in [-0.1, -0.05) is 31.6 Å². The summed E-state index contributed by atoms with van der Waals surface area (Å²) in [6, 6.07) is 0. The SMILES string of the molecule is C=C(C)C(/C=C/C)=C(F)/C=C(\CCN1CC2(CCCC2)C2(CC2)C1)OC. The number of hydrogen-bond acceptors (Lipinski definition) is 2. The van der Waals surface area contributed by atoms with E-state index in [1.807, 2.05) is 19.9 Å². The second-order valence-electron chi connectivity index (χ2n) is 8.59. The summed E-state index contributed by atoms with van der Waals surface area (Å²) in [7, 11) is 1.64. The first-order valence-electron chi connectivity index (χ1n) is 10.1. The van der Waals surface area contributed by atoms with Crippen LogP contribution in [-0.2, 0) is 4.74 Å². The average molecular weight is 360 g/mol. The van der Waals surface area contributed by atoms with E-state index >= 15 is 0 Å². The molecule has 1 aliphatic heterocycles. The van der Waals surface area contributed by atoms with Crippen LogP contribution in [0.15, 0.2) is 47.5 Å². The van der Waals surface area contributed by atoms with E-state index in [9.17, 15) is 4.39 Å². The Hall–Kier alpha value is -1.35. The fourth-order valence-electron chi connectivity index (χ4n) is 5.30. The Morgan fingerprint density at radius 3 is 2.27 bits per heavy atom. The standard InChI is InChI=1S/C23H34FNO/c1-5-8-20(18(2)3)21(24)15-19(26-4)9-14-25-16-22(10-6-7-11-22)23(17-25)12-13-23/h5,8,15H,2,6-7,9-14,16-17H2,1,3-4H3/b8-5+,19-15+,21-20-. The van der Waals surface area contributed by atoms with Gasteiger partial charge in [0.05, 0.1) is 12.9 Å². The van der Waals surface area contributed by atoms with Gasteiger partial charge in [0.15, 0.2) is 0 Å². The molecule has 0 radical (unpaired) electrons. The Kier molecular flexibility index (Phi) is 5.76. The van der Waals surface area contributed by atoms with Crippen LogP contribution in [-0.4, -0.2) is 31.6 Å². The second-order valence-corrected chi connectivity index (χ2v) is 8.59. The topological polar surface area (TPSA) is 12.5 Å². The largest absolute Gasteiger partial charge is 0.501 e. The lowest BCUT2D eigenvalue weighted by atomic mass is 9.74. The monoisotopic (exact) mass is 359 g/mol. The molecule has 0 amide bonds. The molecule has 1 heterocycles. The van der Waals surface area contributed by atoms with Crippen LogP contribution in [0.4, 0.5) is 4.39 Å². The highest BCUT2D eigenvalue weighted by Gasteiger charge is 2.63. The van der Waals surface area contributed by atoms with Crippen molar-refractivity contribution in [1.29, 1.82) is 0 Å². The van der Waals surface area contributed by atoms with E-state index in [-0.39, 0.29) is 5.83 Å². The minimum atomic E-state index is -0.264. The Morgan fingerprint density at radius 1 is 1.15 bits per heavy atom. The van der Waals surface area contributed by atoms with Crippen molar-refractivity contribution in [1.82, 2.24) is 4.90 Å². The number of fused-ring (bicyclic) bond motifs is 1. The van der Waals surface area contributed by atoms with E-state index in [1.54, 1.807) is 13.2 Å². The molecule has 3 heteroatoms. The first-order valence-corrected chi connectivity index (χ1v) is 10.1. The van der Waals surface area contributed by atoms with Gasteiger partial charge in [0, 0.05) is 37.7 Å². The number of methoxy groups -OCH3 is 1. The first-order chi connectivity index (χ1) is 12.5. The summed E-state index contributed by atoms with van der Waals surface area (Å²) in [6.45, 7) is 11.0. The van der Waals surface area contributed by atoms with Gasteiger partial charge < -0.3 is 9.64 Å². The van der Waals surface area contributed by atoms with Crippen molar-refractivity contribution >= 4 is 0 Å². The summed E-state index contributed by atoms with van der Waals surface area (Å²) in [5.74, 6) is 0.447. The molecule has 26 heavy (non-hydrogen) atoms. The predicted molar refractivity (Wildman–Crippen MR) is 106 cm³/mol. The van der Waals surface area contributed by atoms with Gasteiger partial charge in [-0.2, -0.15) is 0 Å². The highest BCUT2D eigenvalue weighted by atomic mass is 19.1. The average Bonchev–Trinajstić information content (AvgIpc) is 3.13. The maximum absolute atomic E-state index is 14.6. The molecule has 0 aromatic rings. The number of halogens is 1. The quantitative estimate of drug-likeness (QED) is 0.412. The van der Waals surface area contributed by atoms with Gasteiger partial charge in [0.2, 0.25) is 0 Å². The minimum absolute atomic E-state index is 0.264. The first kappa shape index (κ1) is 19.4. The molecule has 0 N–H and O–H groups in total. The van der Waals surface area contributed by atoms with Crippen LogP contribution >= 0.6 is 0 Å². The molecule has 0 bridgehead atoms. The summed E-state index contributed by atoms with van der Waals surface area (Å²) in [6.07, 6.45) is 14.4. The van der Waals surface area contributed by atoms with E-state index in [1.165, 1.54) is 57.7 Å². The molecule has 144 valence electrons. The molecule has 2 nitrogen and oxygen atoms in total. The Labute approximate surface area is 158 Å². The number of nitrogens with zero attached hydrogens (tertiary/aromatic N) is 1. The van der Waals surface area contributed by atoms with Crippen LogP contribution in [0.25, 0.3) is 0 Å². The molecule has 2 aliphatic carbocycles. The van der Waals surface area contributed by atoms with E-state index in [0.29, 0.717) is 22.2 Å². The molecule has 0 atom stereocenters.